The van der Waals surface area contributed by atoms with E-state index in [1.54, 1.807) is 25.3 Å². The molecule has 0 heterocycles. The first-order valence-corrected chi connectivity index (χ1v) is 4.84. The first kappa shape index (κ1) is 11.7. The molecule has 1 aromatic carbocycles. The maximum Gasteiger partial charge on any atom is 0.142 e. The summed E-state index contributed by atoms with van der Waals surface area (Å²) in [7, 11) is 1.59. The van der Waals surface area contributed by atoms with Gasteiger partial charge in [-0.25, -0.2) is 0 Å². The van der Waals surface area contributed by atoms with Crippen LogP contribution in [0.2, 0.25) is 0 Å². The van der Waals surface area contributed by atoms with Gasteiger partial charge in [-0.1, -0.05) is 6.92 Å². The molecule has 15 heavy (non-hydrogen) atoms. The van der Waals surface area contributed by atoms with Gasteiger partial charge in [-0.2, -0.15) is 0 Å². The Hall–Kier alpha value is -1.42. The van der Waals surface area contributed by atoms with Crippen LogP contribution in [0.5, 0.6) is 11.5 Å². The van der Waals surface area contributed by atoms with E-state index >= 15 is 0 Å². The molecule has 1 aromatic rings. The number of benzene rings is 1. The van der Waals surface area contributed by atoms with E-state index in [9.17, 15) is 0 Å². The molecule has 4 heteroatoms. The molecule has 84 valence electrons. The predicted molar refractivity (Wildman–Crippen MR) is 59.2 cm³/mol. The Balaban J connectivity index is 2.62. The van der Waals surface area contributed by atoms with Crippen LogP contribution in [0.4, 0.5) is 5.69 Å². The minimum atomic E-state index is 0.103. The molecule has 3 N–H and O–H groups in total. The van der Waals surface area contributed by atoms with Gasteiger partial charge in [0.1, 0.15) is 11.5 Å². The number of rotatable bonds is 5. The molecule has 0 saturated carbocycles. The van der Waals surface area contributed by atoms with Crippen LogP contribution in [0.25, 0.3) is 0 Å². The second-order valence-corrected chi connectivity index (χ2v) is 3.50. The fourth-order valence-electron chi connectivity index (χ4n) is 1.07. The zero-order valence-electron chi connectivity index (χ0n) is 9.06. The summed E-state index contributed by atoms with van der Waals surface area (Å²) in [5.41, 5.74) is 6.30. The summed E-state index contributed by atoms with van der Waals surface area (Å²) in [6.45, 7) is 2.46. The van der Waals surface area contributed by atoms with Crippen LogP contribution in [-0.4, -0.2) is 25.4 Å². The average Bonchev–Trinajstić information content (AvgIpc) is 2.26. The molecule has 0 amide bonds. The van der Waals surface area contributed by atoms with Crippen molar-refractivity contribution in [3.8, 4) is 11.5 Å². The number of aliphatic hydroxyl groups is 1. The molecule has 0 spiro atoms. The van der Waals surface area contributed by atoms with Crippen LogP contribution in [0.3, 0.4) is 0 Å². The van der Waals surface area contributed by atoms with Crippen molar-refractivity contribution in [3.63, 3.8) is 0 Å². The number of methoxy groups -OCH3 is 1. The molecular formula is C11H17NO3. The van der Waals surface area contributed by atoms with Crippen molar-refractivity contribution in [2.45, 2.75) is 6.92 Å². The third-order valence-electron chi connectivity index (χ3n) is 2.05. The van der Waals surface area contributed by atoms with E-state index in [2.05, 4.69) is 0 Å². The number of ether oxygens (including phenoxy) is 2. The van der Waals surface area contributed by atoms with Crippen molar-refractivity contribution in [1.82, 2.24) is 0 Å². The lowest BCUT2D eigenvalue weighted by Crippen LogP contribution is -2.12. The topological polar surface area (TPSA) is 64.7 Å². The molecule has 1 atom stereocenters. The third kappa shape index (κ3) is 3.32. The van der Waals surface area contributed by atoms with Gasteiger partial charge in [-0.3, -0.25) is 0 Å². The summed E-state index contributed by atoms with van der Waals surface area (Å²) in [6.07, 6.45) is 0. The minimum Gasteiger partial charge on any atom is -0.497 e. The van der Waals surface area contributed by atoms with Crippen molar-refractivity contribution in [3.05, 3.63) is 18.2 Å². The zero-order chi connectivity index (χ0) is 11.3. The molecule has 0 aliphatic heterocycles. The van der Waals surface area contributed by atoms with Crippen LogP contribution >= 0.6 is 0 Å². The van der Waals surface area contributed by atoms with Crippen molar-refractivity contribution in [1.29, 1.82) is 0 Å². The Bertz CT molecular complexity index is 315. The number of aliphatic hydroxyl groups excluding tert-OH is 1. The SMILES string of the molecule is COc1ccc(OCC(C)CO)c(N)c1. The van der Waals surface area contributed by atoms with Crippen LogP contribution in [0, 0.1) is 5.92 Å². The normalized spacial score (nSPS) is 12.2. The number of anilines is 1. The van der Waals surface area contributed by atoms with Gasteiger partial charge in [0.15, 0.2) is 0 Å². The predicted octanol–water partition coefficient (Wildman–Crippen LogP) is 1.28. The maximum absolute atomic E-state index is 8.83. The second-order valence-electron chi connectivity index (χ2n) is 3.50. The molecule has 0 bridgehead atoms. The molecule has 0 fully saturated rings. The summed E-state index contributed by atoms with van der Waals surface area (Å²) >= 11 is 0. The van der Waals surface area contributed by atoms with Crippen molar-refractivity contribution in [2.24, 2.45) is 5.92 Å². The van der Waals surface area contributed by atoms with Crippen LogP contribution < -0.4 is 15.2 Å². The molecule has 1 rings (SSSR count). The molecule has 4 nitrogen and oxygen atoms in total. The Morgan fingerprint density at radius 3 is 2.73 bits per heavy atom. The van der Waals surface area contributed by atoms with E-state index < -0.39 is 0 Å². The van der Waals surface area contributed by atoms with E-state index in [0.717, 1.165) is 0 Å². The highest BCUT2D eigenvalue weighted by atomic mass is 16.5. The summed E-state index contributed by atoms with van der Waals surface area (Å²) in [6, 6.07) is 5.26. The molecule has 0 aromatic heterocycles. The number of nitrogen functional groups attached to an aromatic ring is 1. The van der Waals surface area contributed by atoms with Gasteiger partial charge in [0.2, 0.25) is 0 Å². The van der Waals surface area contributed by atoms with E-state index in [0.29, 0.717) is 23.8 Å². The highest BCUT2D eigenvalue weighted by molar-refractivity contribution is 5.56. The summed E-state index contributed by atoms with van der Waals surface area (Å²) in [5, 5.41) is 8.83. The van der Waals surface area contributed by atoms with E-state index in [1.165, 1.54) is 0 Å². The highest BCUT2D eigenvalue weighted by Gasteiger charge is 2.05. The largest absolute Gasteiger partial charge is 0.497 e. The van der Waals surface area contributed by atoms with E-state index in [-0.39, 0.29) is 12.5 Å². The van der Waals surface area contributed by atoms with Crippen LogP contribution in [-0.2, 0) is 0 Å². The quantitative estimate of drug-likeness (QED) is 0.720. The van der Waals surface area contributed by atoms with Gasteiger partial charge >= 0.3 is 0 Å². The Kier molecular flexibility index (Phi) is 4.24. The number of nitrogens with two attached hydrogens (primary N) is 1. The van der Waals surface area contributed by atoms with Gasteiger partial charge in [-0.15, -0.1) is 0 Å². The van der Waals surface area contributed by atoms with Gasteiger partial charge in [0.25, 0.3) is 0 Å². The van der Waals surface area contributed by atoms with Crippen LogP contribution in [0.15, 0.2) is 18.2 Å². The van der Waals surface area contributed by atoms with Crippen molar-refractivity contribution < 1.29 is 14.6 Å². The number of hydrogen-bond acceptors (Lipinski definition) is 4. The molecule has 0 aliphatic rings. The minimum absolute atomic E-state index is 0.103. The van der Waals surface area contributed by atoms with Gasteiger partial charge in [0, 0.05) is 18.6 Å². The van der Waals surface area contributed by atoms with Crippen molar-refractivity contribution in [2.75, 3.05) is 26.1 Å². The lowest BCUT2D eigenvalue weighted by molar-refractivity contribution is 0.175. The van der Waals surface area contributed by atoms with Crippen LogP contribution in [0.1, 0.15) is 6.92 Å². The first-order valence-electron chi connectivity index (χ1n) is 4.84. The molecular weight excluding hydrogens is 194 g/mol. The Morgan fingerprint density at radius 2 is 2.20 bits per heavy atom. The first-order chi connectivity index (χ1) is 7.17. The molecule has 0 radical (unpaired) electrons. The highest BCUT2D eigenvalue weighted by Crippen LogP contribution is 2.26. The lowest BCUT2D eigenvalue weighted by atomic mass is 10.2. The second kappa shape index (κ2) is 5.46. The Morgan fingerprint density at radius 1 is 1.47 bits per heavy atom. The summed E-state index contributed by atoms with van der Waals surface area (Å²) in [4.78, 5) is 0. The van der Waals surface area contributed by atoms with Crippen molar-refractivity contribution >= 4 is 5.69 Å². The summed E-state index contributed by atoms with van der Waals surface area (Å²) in [5.74, 6) is 1.43. The van der Waals surface area contributed by atoms with Gasteiger partial charge in [0.05, 0.1) is 19.4 Å². The zero-order valence-corrected chi connectivity index (χ0v) is 9.06. The van der Waals surface area contributed by atoms with Gasteiger partial charge in [-0.05, 0) is 12.1 Å². The monoisotopic (exact) mass is 211 g/mol. The average molecular weight is 211 g/mol. The number of hydrogen-bond donors (Lipinski definition) is 2. The van der Waals surface area contributed by atoms with Gasteiger partial charge < -0.3 is 20.3 Å². The Labute approximate surface area is 89.6 Å². The van der Waals surface area contributed by atoms with E-state index in [4.69, 9.17) is 20.3 Å². The lowest BCUT2D eigenvalue weighted by Gasteiger charge is -2.12. The smallest absolute Gasteiger partial charge is 0.142 e. The third-order valence-corrected chi connectivity index (χ3v) is 2.05. The maximum atomic E-state index is 8.83. The fraction of sp³-hybridized carbons (Fsp3) is 0.455. The van der Waals surface area contributed by atoms with E-state index in [1.807, 2.05) is 6.92 Å². The fourth-order valence-corrected chi connectivity index (χ4v) is 1.07. The summed E-state index contributed by atoms with van der Waals surface area (Å²) < 4.78 is 10.5. The molecule has 0 aliphatic carbocycles. The standard InChI is InChI=1S/C11H17NO3/c1-8(6-13)7-15-11-4-3-9(14-2)5-10(11)12/h3-5,8,13H,6-7,12H2,1-2H3. The molecule has 1 unspecified atom stereocenters. The molecule has 0 saturated heterocycles.